The summed E-state index contributed by atoms with van der Waals surface area (Å²) in [6, 6.07) is 9.88. The Balaban J connectivity index is 1.81. The number of thiazole rings is 1. The number of rotatable bonds is 7. The number of sulfonamides is 2. The number of aromatic nitrogens is 1. The van der Waals surface area contributed by atoms with Gasteiger partial charge in [-0.1, -0.05) is 25.2 Å². The molecule has 0 saturated carbocycles. The summed E-state index contributed by atoms with van der Waals surface area (Å²) in [5.74, 6) is -0.465. The number of anilines is 1. The van der Waals surface area contributed by atoms with E-state index in [0.717, 1.165) is 11.3 Å². The van der Waals surface area contributed by atoms with Gasteiger partial charge in [-0.05, 0) is 42.5 Å². The predicted octanol–water partition coefficient (Wildman–Crippen LogP) is 2.23. The monoisotopic (exact) mass is 468 g/mol. The summed E-state index contributed by atoms with van der Waals surface area (Å²) in [7, 11) is -7.44. The highest BCUT2D eigenvalue weighted by Crippen LogP contribution is 2.28. The van der Waals surface area contributed by atoms with Gasteiger partial charge in [-0.3, -0.25) is 10.1 Å². The van der Waals surface area contributed by atoms with E-state index in [4.69, 9.17) is 5.14 Å². The number of benzene rings is 2. The summed E-state index contributed by atoms with van der Waals surface area (Å²) in [6.07, 6.45) is 0. The van der Waals surface area contributed by atoms with Gasteiger partial charge in [-0.25, -0.2) is 27.0 Å². The predicted molar refractivity (Wildman–Crippen MR) is 115 cm³/mol. The zero-order chi connectivity index (χ0) is 22.1. The first-order valence-electron chi connectivity index (χ1n) is 8.91. The quantitative estimate of drug-likeness (QED) is 0.545. The molecule has 9 nitrogen and oxygen atoms in total. The lowest BCUT2D eigenvalue weighted by Crippen LogP contribution is -2.30. The van der Waals surface area contributed by atoms with Crippen LogP contribution in [-0.4, -0.2) is 45.1 Å². The second kappa shape index (κ2) is 8.40. The number of nitrogens with two attached hydrogens (primary N) is 1. The van der Waals surface area contributed by atoms with E-state index in [9.17, 15) is 21.6 Å². The van der Waals surface area contributed by atoms with Gasteiger partial charge >= 0.3 is 0 Å². The maximum absolute atomic E-state index is 12.5. The van der Waals surface area contributed by atoms with Crippen molar-refractivity contribution in [3.05, 3.63) is 48.0 Å². The van der Waals surface area contributed by atoms with Crippen LogP contribution < -0.4 is 10.5 Å². The number of hydrogen-bond acceptors (Lipinski definition) is 7. The molecule has 0 aliphatic heterocycles. The third-order valence-corrected chi connectivity index (χ3v) is 8.28. The minimum atomic E-state index is -3.84. The molecule has 1 amide bonds. The van der Waals surface area contributed by atoms with E-state index < -0.39 is 26.0 Å². The minimum absolute atomic E-state index is 0.0403. The van der Waals surface area contributed by atoms with Crippen molar-refractivity contribution in [2.45, 2.75) is 23.6 Å². The lowest BCUT2D eigenvalue weighted by atomic mass is 10.2. The molecular weight excluding hydrogens is 448 g/mol. The average molecular weight is 469 g/mol. The third-order valence-electron chi connectivity index (χ3n) is 4.37. The van der Waals surface area contributed by atoms with E-state index in [2.05, 4.69) is 10.3 Å². The highest BCUT2D eigenvalue weighted by atomic mass is 32.2. The van der Waals surface area contributed by atoms with Crippen molar-refractivity contribution < 1.29 is 21.6 Å². The molecule has 0 saturated heterocycles. The van der Waals surface area contributed by atoms with Crippen molar-refractivity contribution in [2.24, 2.45) is 5.14 Å². The Morgan fingerprint density at radius 1 is 1.03 bits per heavy atom. The highest BCUT2D eigenvalue weighted by molar-refractivity contribution is 7.89. The summed E-state index contributed by atoms with van der Waals surface area (Å²) < 4.78 is 49.9. The Morgan fingerprint density at radius 2 is 1.63 bits per heavy atom. The van der Waals surface area contributed by atoms with Gasteiger partial charge in [0, 0.05) is 18.7 Å². The fourth-order valence-corrected chi connectivity index (χ4v) is 5.77. The van der Waals surface area contributed by atoms with E-state index in [0.29, 0.717) is 23.3 Å². The highest BCUT2D eigenvalue weighted by Gasteiger charge is 2.22. The van der Waals surface area contributed by atoms with Crippen molar-refractivity contribution >= 4 is 52.6 Å². The molecule has 0 fully saturated rings. The van der Waals surface area contributed by atoms with Crippen LogP contribution in [0, 0.1) is 0 Å². The van der Waals surface area contributed by atoms with Gasteiger partial charge in [0.25, 0.3) is 5.91 Å². The standard InChI is InChI=1S/C18H20N4O5S3/c1-3-22(4-2)30(26,27)13-7-5-12(6-8-13)17(23)21-18-20-15-10-9-14(29(19,24)25)11-16(15)28-18/h5-11H,3-4H2,1-2H3,(H2,19,24,25)(H,20,21,23). The van der Waals surface area contributed by atoms with Crippen LogP contribution in [0.15, 0.2) is 52.3 Å². The first-order valence-corrected chi connectivity index (χ1v) is 12.7. The maximum Gasteiger partial charge on any atom is 0.257 e. The number of nitrogens with zero attached hydrogens (tertiary/aromatic N) is 2. The van der Waals surface area contributed by atoms with Gasteiger partial charge in [0.05, 0.1) is 20.0 Å². The van der Waals surface area contributed by atoms with Crippen LogP contribution in [0.5, 0.6) is 0 Å². The largest absolute Gasteiger partial charge is 0.298 e. The average Bonchev–Trinajstić information content (AvgIpc) is 3.09. The van der Waals surface area contributed by atoms with E-state index in [1.54, 1.807) is 13.8 Å². The van der Waals surface area contributed by atoms with Crippen molar-refractivity contribution in [1.29, 1.82) is 0 Å². The molecule has 1 aromatic heterocycles. The van der Waals surface area contributed by atoms with Crippen molar-refractivity contribution in [3.8, 4) is 0 Å². The van der Waals surface area contributed by atoms with E-state index in [1.165, 1.54) is 46.8 Å². The minimum Gasteiger partial charge on any atom is -0.298 e. The van der Waals surface area contributed by atoms with Gasteiger partial charge in [-0.15, -0.1) is 0 Å². The summed E-state index contributed by atoms with van der Waals surface area (Å²) in [4.78, 5) is 16.8. The second-order valence-electron chi connectivity index (χ2n) is 6.26. The maximum atomic E-state index is 12.5. The number of amides is 1. The number of primary sulfonamides is 1. The second-order valence-corrected chi connectivity index (χ2v) is 10.8. The Morgan fingerprint density at radius 3 is 2.20 bits per heavy atom. The molecule has 3 rings (SSSR count). The summed E-state index contributed by atoms with van der Waals surface area (Å²) in [5, 5.41) is 8.05. The Hall–Kier alpha value is -2.38. The number of nitrogens with one attached hydrogen (secondary N) is 1. The van der Waals surface area contributed by atoms with Crippen LogP contribution >= 0.6 is 11.3 Å². The molecule has 12 heteroatoms. The molecule has 3 aromatic rings. The zero-order valence-electron chi connectivity index (χ0n) is 16.2. The van der Waals surface area contributed by atoms with Crippen LogP contribution in [-0.2, 0) is 20.0 Å². The van der Waals surface area contributed by atoms with Crippen molar-refractivity contribution in [3.63, 3.8) is 0 Å². The van der Waals surface area contributed by atoms with Gasteiger partial charge in [-0.2, -0.15) is 4.31 Å². The van der Waals surface area contributed by atoms with Crippen LogP contribution in [0.25, 0.3) is 10.2 Å². The van der Waals surface area contributed by atoms with Gasteiger partial charge in [0.15, 0.2) is 5.13 Å². The molecule has 1 heterocycles. The Labute approximate surface area is 178 Å². The molecule has 0 radical (unpaired) electrons. The van der Waals surface area contributed by atoms with Crippen LogP contribution in [0.3, 0.4) is 0 Å². The number of hydrogen-bond donors (Lipinski definition) is 2. The molecule has 160 valence electrons. The summed E-state index contributed by atoms with van der Waals surface area (Å²) in [5.41, 5.74) is 0.779. The van der Waals surface area contributed by atoms with Crippen LogP contribution in [0.4, 0.5) is 5.13 Å². The van der Waals surface area contributed by atoms with E-state index >= 15 is 0 Å². The molecule has 3 N–H and O–H groups in total. The molecular formula is C18H20N4O5S3. The first kappa shape index (κ1) is 22.3. The van der Waals surface area contributed by atoms with Gasteiger partial charge < -0.3 is 0 Å². The third kappa shape index (κ3) is 4.52. The zero-order valence-corrected chi connectivity index (χ0v) is 18.6. The van der Waals surface area contributed by atoms with Gasteiger partial charge in [0.2, 0.25) is 20.0 Å². The molecule has 0 aliphatic carbocycles. The lowest BCUT2D eigenvalue weighted by Gasteiger charge is -2.18. The van der Waals surface area contributed by atoms with Crippen molar-refractivity contribution in [1.82, 2.24) is 9.29 Å². The number of carbonyl (C=O) groups excluding carboxylic acids is 1. The number of carbonyl (C=O) groups is 1. The molecule has 0 atom stereocenters. The topological polar surface area (TPSA) is 140 Å². The van der Waals surface area contributed by atoms with Crippen LogP contribution in [0.2, 0.25) is 0 Å². The summed E-state index contributed by atoms with van der Waals surface area (Å²) >= 11 is 1.10. The Kier molecular flexibility index (Phi) is 6.24. The SMILES string of the molecule is CCN(CC)S(=O)(=O)c1ccc(C(=O)Nc2nc3ccc(S(N)(=O)=O)cc3s2)cc1. The molecule has 2 aromatic carbocycles. The molecule has 0 unspecified atom stereocenters. The molecule has 30 heavy (non-hydrogen) atoms. The first-order chi connectivity index (χ1) is 14.1. The normalized spacial score (nSPS) is 12.4. The smallest absolute Gasteiger partial charge is 0.257 e. The Bertz CT molecular complexity index is 1300. The lowest BCUT2D eigenvalue weighted by molar-refractivity contribution is 0.102. The molecule has 0 bridgehead atoms. The van der Waals surface area contributed by atoms with E-state index in [1.807, 2.05) is 0 Å². The van der Waals surface area contributed by atoms with Crippen LogP contribution in [0.1, 0.15) is 24.2 Å². The van der Waals surface area contributed by atoms with E-state index in [-0.39, 0.29) is 20.5 Å². The van der Waals surface area contributed by atoms with Crippen molar-refractivity contribution in [2.75, 3.05) is 18.4 Å². The van der Waals surface area contributed by atoms with Gasteiger partial charge in [0.1, 0.15) is 0 Å². The fourth-order valence-electron chi connectivity index (χ4n) is 2.80. The fraction of sp³-hybridized carbons (Fsp3) is 0.222. The summed E-state index contributed by atoms with van der Waals surface area (Å²) in [6.45, 7) is 4.22. The molecule has 0 spiro atoms. The number of fused-ring (bicyclic) bond motifs is 1. The molecule has 0 aliphatic rings.